The van der Waals surface area contributed by atoms with Gasteiger partial charge in [0.25, 0.3) is 0 Å². The summed E-state index contributed by atoms with van der Waals surface area (Å²) in [5.41, 5.74) is 2.13. The number of fused-ring (bicyclic) bond motifs is 1. The van der Waals surface area contributed by atoms with E-state index in [9.17, 15) is 0 Å². The molecule has 0 saturated carbocycles. The van der Waals surface area contributed by atoms with Gasteiger partial charge in [-0.15, -0.1) is 11.8 Å². The number of halogens is 1. The van der Waals surface area contributed by atoms with Crippen LogP contribution in [0.1, 0.15) is 25.8 Å². The number of likely N-dealkylation sites (tertiary alicyclic amines) is 1. The quantitative estimate of drug-likeness (QED) is 0.574. The fraction of sp³-hybridized carbons (Fsp3) is 0.500. The fourth-order valence-electron chi connectivity index (χ4n) is 3.57. The maximum absolute atomic E-state index is 6.45. The number of hydrogen-bond acceptors (Lipinski definition) is 3. The van der Waals surface area contributed by atoms with Gasteiger partial charge in [0.1, 0.15) is 5.15 Å². The Balaban J connectivity index is 1.86. The molecule has 4 heteroatoms. The van der Waals surface area contributed by atoms with Crippen LogP contribution in [0.4, 0.5) is 0 Å². The molecule has 2 heterocycles. The van der Waals surface area contributed by atoms with Crippen molar-refractivity contribution in [2.24, 2.45) is 11.8 Å². The van der Waals surface area contributed by atoms with Crippen molar-refractivity contribution in [3.05, 3.63) is 35.0 Å². The minimum atomic E-state index is 0.650. The molecule has 1 aromatic carbocycles. The lowest BCUT2D eigenvalue weighted by atomic mass is 9.91. The second-order valence-electron chi connectivity index (χ2n) is 6.64. The molecule has 0 radical (unpaired) electrons. The van der Waals surface area contributed by atoms with Gasteiger partial charge in [0.05, 0.1) is 5.52 Å². The maximum Gasteiger partial charge on any atom is 0.134 e. The van der Waals surface area contributed by atoms with Crippen molar-refractivity contribution < 1.29 is 0 Å². The molecule has 3 rings (SSSR count). The summed E-state index contributed by atoms with van der Waals surface area (Å²) in [4.78, 5) is 8.36. The lowest BCUT2D eigenvalue weighted by Crippen LogP contribution is -2.38. The van der Waals surface area contributed by atoms with E-state index in [1.807, 2.05) is 0 Å². The monoisotopic (exact) mass is 334 g/mol. The molecule has 1 saturated heterocycles. The molecule has 118 valence electrons. The Bertz CT molecular complexity index is 663. The van der Waals surface area contributed by atoms with Crippen LogP contribution in [0.3, 0.4) is 0 Å². The number of aromatic nitrogens is 1. The summed E-state index contributed by atoms with van der Waals surface area (Å²) in [6.45, 7) is 7.90. The minimum absolute atomic E-state index is 0.650. The van der Waals surface area contributed by atoms with E-state index in [0.29, 0.717) is 5.15 Å². The van der Waals surface area contributed by atoms with Crippen LogP contribution in [-0.4, -0.2) is 29.2 Å². The Morgan fingerprint density at radius 3 is 2.64 bits per heavy atom. The maximum atomic E-state index is 6.45. The average Bonchev–Trinajstić information content (AvgIpc) is 2.46. The lowest BCUT2D eigenvalue weighted by Gasteiger charge is -2.35. The second kappa shape index (κ2) is 6.77. The van der Waals surface area contributed by atoms with E-state index in [4.69, 9.17) is 11.6 Å². The van der Waals surface area contributed by atoms with E-state index in [1.54, 1.807) is 11.8 Å². The van der Waals surface area contributed by atoms with Gasteiger partial charge in [0.2, 0.25) is 0 Å². The zero-order valence-corrected chi connectivity index (χ0v) is 15.0. The molecule has 0 N–H and O–H groups in total. The van der Waals surface area contributed by atoms with Gasteiger partial charge >= 0.3 is 0 Å². The van der Waals surface area contributed by atoms with Crippen molar-refractivity contribution in [2.45, 2.75) is 31.7 Å². The molecule has 0 unspecified atom stereocenters. The Morgan fingerprint density at radius 2 is 1.95 bits per heavy atom. The molecule has 0 aliphatic carbocycles. The first-order chi connectivity index (χ1) is 10.5. The van der Waals surface area contributed by atoms with Gasteiger partial charge in [-0.2, -0.15) is 0 Å². The number of pyridine rings is 1. The van der Waals surface area contributed by atoms with Crippen LogP contribution >= 0.6 is 23.4 Å². The summed E-state index contributed by atoms with van der Waals surface area (Å²) in [7, 11) is 0. The van der Waals surface area contributed by atoms with Crippen molar-refractivity contribution in [1.82, 2.24) is 9.88 Å². The molecular weight excluding hydrogens is 312 g/mol. The predicted octanol–water partition coefficient (Wildman–Crippen LogP) is 5.09. The van der Waals surface area contributed by atoms with E-state index in [1.165, 1.54) is 16.7 Å². The molecule has 1 aromatic heterocycles. The third-order valence-electron chi connectivity index (χ3n) is 4.39. The highest BCUT2D eigenvalue weighted by atomic mass is 35.5. The number of thioether (sulfide) groups is 1. The molecule has 2 aromatic rings. The van der Waals surface area contributed by atoms with Crippen molar-refractivity contribution in [3.8, 4) is 0 Å². The SMILES string of the molecule is CSc1ccc2cc(CN3C[C@@H](C)C[C@H](C)C3)c(Cl)nc2c1. The van der Waals surface area contributed by atoms with Gasteiger partial charge in [-0.1, -0.05) is 31.5 Å². The van der Waals surface area contributed by atoms with Crippen LogP contribution in [0, 0.1) is 11.8 Å². The van der Waals surface area contributed by atoms with Crippen LogP contribution in [0.2, 0.25) is 5.15 Å². The van der Waals surface area contributed by atoms with E-state index in [0.717, 1.165) is 42.6 Å². The summed E-state index contributed by atoms with van der Waals surface area (Å²) < 4.78 is 0. The molecule has 22 heavy (non-hydrogen) atoms. The van der Waals surface area contributed by atoms with Crippen LogP contribution in [0.15, 0.2) is 29.2 Å². The van der Waals surface area contributed by atoms with Crippen molar-refractivity contribution in [3.63, 3.8) is 0 Å². The van der Waals surface area contributed by atoms with E-state index < -0.39 is 0 Å². The van der Waals surface area contributed by atoms with Gasteiger partial charge < -0.3 is 0 Å². The second-order valence-corrected chi connectivity index (χ2v) is 7.87. The first-order valence-corrected chi connectivity index (χ1v) is 9.51. The third kappa shape index (κ3) is 3.58. The largest absolute Gasteiger partial charge is 0.298 e. The number of hydrogen-bond donors (Lipinski definition) is 0. The van der Waals surface area contributed by atoms with Gasteiger partial charge in [-0.25, -0.2) is 4.98 Å². The Labute approximate surface area is 142 Å². The van der Waals surface area contributed by atoms with E-state index >= 15 is 0 Å². The van der Waals surface area contributed by atoms with E-state index in [2.05, 4.69) is 54.3 Å². The number of benzene rings is 1. The van der Waals surface area contributed by atoms with Gasteiger partial charge in [0, 0.05) is 35.5 Å². The molecule has 1 fully saturated rings. The van der Waals surface area contributed by atoms with Crippen molar-refractivity contribution in [1.29, 1.82) is 0 Å². The zero-order valence-electron chi connectivity index (χ0n) is 13.5. The Hall–Kier alpha value is -0.770. The zero-order chi connectivity index (χ0) is 15.7. The molecule has 0 amide bonds. The molecule has 0 spiro atoms. The van der Waals surface area contributed by atoms with Crippen LogP contribution in [-0.2, 0) is 6.54 Å². The fourth-order valence-corrected chi connectivity index (χ4v) is 4.21. The third-order valence-corrected chi connectivity index (χ3v) is 5.44. The normalized spacial score (nSPS) is 23.1. The highest BCUT2D eigenvalue weighted by molar-refractivity contribution is 7.98. The summed E-state index contributed by atoms with van der Waals surface area (Å²) in [6.07, 6.45) is 3.41. The summed E-state index contributed by atoms with van der Waals surface area (Å²) in [6, 6.07) is 8.62. The van der Waals surface area contributed by atoms with Gasteiger partial charge in [-0.3, -0.25) is 4.90 Å². The topological polar surface area (TPSA) is 16.1 Å². The van der Waals surface area contributed by atoms with Crippen LogP contribution < -0.4 is 0 Å². The van der Waals surface area contributed by atoms with Gasteiger partial charge in [-0.05, 0) is 42.7 Å². The number of piperidine rings is 1. The highest BCUT2D eigenvalue weighted by Crippen LogP contribution is 2.28. The molecule has 2 nitrogen and oxygen atoms in total. The van der Waals surface area contributed by atoms with Crippen LogP contribution in [0.5, 0.6) is 0 Å². The molecular formula is C18H23ClN2S. The number of rotatable bonds is 3. The standard InChI is InChI=1S/C18H23ClN2S/c1-12-6-13(2)10-21(9-12)11-15-7-14-4-5-16(22-3)8-17(14)20-18(15)19/h4-5,7-8,12-13H,6,9-11H2,1-3H3/t12-,13-/m0/s1. The Morgan fingerprint density at radius 1 is 1.23 bits per heavy atom. The van der Waals surface area contributed by atoms with Crippen molar-refractivity contribution in [2.75, 3.05) is 19.3 Å². The number of nitrogens with zero attached hydrogens (tertiary/aromatic N) is 2. The van der Waals surface area contributed by atoms with E-state index in [-0.39, 0.29) is 0 Å². The smallest absolute Gasteiger partial charge is 0.134 e. The summed E-state index contributed by atoms with van der Waals surface area (Å²) in [5.74, 6) is 1.53. The molecule has 0 bridgehead atoms. The molecule has 1 aliphatic heterocycles. The Kier molecular flexibility index (Phi) is 4.96. The average molecular weight is 335 g/mol. The first kappa shape index (κ1) is 16.1. The minimum Gasteiger partial charge on any atom is -0.298 e. The molecule has 2 atom stereocenters. The van der Waals surface area contributed by atoms with Crippen LogP contribution in [0.25, 0.3) is 10.9 Å². The lowest BCUT2D eigenvalue weighted by molar-refractivity contribution is 0.134. The van der Waals surface area contributed by atoms with Gasteiger partial charge in [0.15, 0.2) is 0 Å². The summed E-state index contributed by atoms with van der Waals surface area (Å²) in [5, 5.41) is 1.83. The predicted molar refractivity (Wildman–Crippen MR) is 96.8 cm³/mol. The highest BCUT2D eigenvalue weighted by Gasteiger charge is 2.22. The molecule has 1 aliphatic rings. The first-order valence-electron chi connectivity index (χ1n) is 7.90. The summed E-state index contributed by atoms with van der Waals surface area (Å²) >= 11 is 8.18. The van der Waals surface area contributed by atoms with Crippen molar-refractivity contribution >= 4 is 34.3 Å².